The highest BCUT2D eigenvalue weighted by molar-refractivity contribution is 5.69. The minimum Gasteiger partial charge on any atom is -0.494 e. The van der Waals surface area contributed by atoms with E-state index in [9.17, 15) is 4.39 Å². The SMILES string of the molecule is CCC1CC1Nc1cc(OC)c(F)cc1N. The topological polar surface area (TPSA) is 47.3 Å². The summed E-state index contributed by atoms with van der Waals surface area (Å²) >= 11 is 0. The summed E-state index contributed by atoms with van der Waals surface area (Å²) in [5, 5.41) is 3.32. The molecule has 2 unspecified atom stereocenters. The number of hydrogen-bond acceptors (Lipinski definition) is 3. The second kappa shape index (κ2) is 4.20. The maximum Gasteiger partial charge on any atom is 0.167 e. The van der Waals surface area contributed by atoms with Gasteiger partial charge in [-0.15, -0.1) is 0 Å². The third-order valence-electron chi connectivity index (χ3n) is 3.11. The third-order valence-corrected chi connectivity index (χ3v) is 3.11. The molecule has 88 valence electrons. The lowest BCUT2D eigenvalue weighted by Crippen LogP contribution is -2.07. The molecule has 1 fully saturated rings. The van der Waals surface area contributed by atoms with Gasteiger partial charge in [0.05, 0.1) is 18.5 Å². The Balaban J connectivity index is 2.14. The van der Waals surface area contributed by atoms with E-state index in [-0.39, 0.29) is 5.75 Å². The number of benzene rings is 1. The van der Waals surface area contributed by atoms with Gasteiger partial charge in [-0.2, -0.15) is 0 Å². The zero-order valence-corrected chi connectivity index (χ0v) is 9.59. The van der Waals surface area contributed by atoms with Crippen molar-refractivity contribution < 1.29 is 9.13 Å². The molecule has 0 bridgehead atoms. The first-order chi connectivity index (χ1) is 7.65. The zero-order chi connectivity index (χ0) is 11.7. The number of hydrogen-bond donors (Lipinski definition) is 2. The molecule has 0 aliphatic heterocycles. The van der Waals surface area contributed by atoms with Crippen LogP contribution in [-0.2, 0) is 0 Å². The second-order valence-electron chi connectivity index (χ2n) is 4.23. The molecular weight excluding hydrogens is 207 g/mol. The summed E-state index contributed by atoms with van der Waals surface area (Å²) < 4.78 is 18.2. The normalized spacial score (nSPS) is 22.9. The molecule has 1 aromatic rings. The Hall–Kier alpha value is -1.45. The first-order valence-corrected chi connectivity index (χ1v) is 5.55. The zero-order valence-electron chi connectivity index (χ0n) is 9.59. The fourth-order valence-electron chi connectivity index (χ4n) is 1.93. The maximum atomic E-state index is 13.3. The van der Waals surface area contributed by atoms with Crippen molar-refractivity contribution in [2.45, 2.75) is 25.8 Å². The fourth-order valence-corrected chi connectivity index (χ4v) is 1.93. The molecule has 0 aromatic heterocycles. The van der Waals surface area contributed by atoms with Crippen LogP contribution in [0.25, 0.3) is 0 Å². The first kappa shape index (κ1) is 11.0. The lowest BCUT2D eigenvalue weighted by atomic mass is 10.2. The summed E-state index contributed by atoms with van der Waals surface area (Å²) in [5.41, 5.74) is 6.94. The highest BCUT2D eigenvalue weighted by Gasteiger charge is 2.35. The van der Waals surface area contributed by atoms with Crippen LogP contribution < -0.4 is 15.8 Å². The van der Waals surface area contributed by atoms with Crippen LogP contribution in [0.15, 0.2) is 12.1 Å². The predicted octanol–water partition coefficient (Wildman–Crippen LogP) is 2.63. The first-order valence-electron chi connectivity index (χ1n) is 5.55. The molecule has 1 saturated carbocycles. The van der Waals surface area contributed by atoms with Gasteiger partial charge in [-0.25, -0.2) is 4.39 Å². The number of ether oxygens (including phenoxy) is 1. The summed E-state index contributed by atoms with van der Waals surface area (Å²) in [5.74, 6) is 0.522. The van der Waals surface area contributed by atoms with Crippen LogP contribution in [0.2, 0.25) is 0 Å². The number of nitrogens with two attached hydrogens (primary N) is 1. The van der Waals surface area contributed by atoms with Crippen molar-refractivity contribution in [1.82, 2.24) is 0 Å². The molecule has 2 atom stereocenters. The molecule has 0 saturated heterocycles. The molecule has 0 radical (unpaired) electrons. The standard InChI is InChI=1S/C12H17FN2O/c1-3-7-4-10(7)15-11-6-12(16-2)8(13)5-9(11)14/h5-7,10,15H,3-4,14H2,1-2H3. The van der Waals surface area contributed by atoms with Gasteiger partial charge in [-0.05, 0) is 12.3 Å². The minimum absolute atomic E-state index is 0.227. The van der Waals surface area contributed by atoms with Gasteiger partial charge in [0.2, 0.25) is 0 Å². The van der Waals surface area contributed by atoms with Crippen molar-refractivity contribution in [1.29, 1.82) is 0 Å². The summed E-state index contributed by atoms with van der Waals surface area (Å²) in [6, 6.07) is 3.39. The van der Waals surface area contributed by atoms with Crippen LogP contribution in [0, 0.1) is 11.7 Å². The lowest BCUT2D eigenvalue weighted by molar-refractivity contribution is 0.387. The van der Waals surface area contributed by atoms with Gasteiger partial charge in [0.15, 0.2) is 11.6 Å². The van der Waals surface area contributed by atoms with Gasteiger partial charge in [-0.1, -0.05) is 13.3 Å². The van der Waals surface area contributed by atoms with E-state index in [0.29, 0.717) is 11.7 Å². The Labute approximate surface area is 94.8 Å². The van der Waals surface area contributed by atoms with E-state index in [1.54, 1.807) is 6.07 Å². The smallest absolute Gasteiger partial charge is 0.167 e. The van der Waals surface area contributed by atoms with Gasteiger partial charge < -0.3 is 15.8 Å². The second-order valence-corrected chi connectivity index (χ2v) is 4.23. The van der Waals surface area contributed by atoms with Gasteiger partial charge in [0.25, 0.3) is 0 Å². The molecule has 1 aromatic carbocycles. The Morgan fingerprint density at radius 2 is 2.31 bits per heavy atom. The molecule has 1 aliphatic carbocycles. The van der Waals surface area contributed by atoms with Crippen LogP contribution in [0.3, 0.4) is 0 Å². The van der Waals surface area contributed by atoms with E-state index in [1.807, 2.05) is 0 Å². The lowest BCUT2D eigenvalue weighted by Gasteiger charge is -2.11. The van der Waals surface area contributed by atoms with Crippen LogP contribution in [0.5, 0.6) is 5.75 Å². The summed E-state index contributed by atoms with van der Waals surface area (Å²) in [6.45, 7) is 2.17. The number of nitrogens with one attached hydrogen (secondary N) is 1. The van der Waals surface area contributed by atoms with E-state index in [1.165, 1.54) is 13.2 Å². The van der Waals surface area contributed by atoms with Crippen LogP contribution in [-0.4, -0.2) is 13.2 Å². The van der Waals surface area contributed by atoms with Crippen molar-refractivity contribution in [3.63, 3.8) is 0 Å². The molecule has 0 spiro atoms. The number of halogens is 1. The maximum absolute atomic E-state index is 13.3. The number of methoxy groups -OCH3 is 1. The highest BCUT2D eigenvalue weighted by Crippen LogP contribution is 2.38. The van der Waals surface area contributed by atoms with Gasteiger partial charge >= 0.3 is 0 Å². The monoisotopic (exact) mass is 224 g/mol. The van der Waals surface area contributed by atoms with Crippen molar-refractivity contribution in [3.05, 3.63) is 17.9 Å². The van der Waals surface area contributed by atoms with Gasteiger partial charge in [0.1, 0.15) is 0 Å². The van der Waals surface area contributed by atoms with Gasteiger partial charge in [-0.3, -0.25) is 0 Å². The number of anilines is 2. The van der Waals surface area contributed by atoms with Crippen LogP contribution >= 0.6 is 0 Å². The Morgan fingerprint density at radius 1 is 1.56 bits per heavy atom. The van der Waals surface area contributed by atoms with E-state index in [4.69, 9.17) is 10.5 Å². The Morgan fingerprint density at radius 3 is 2.88 bits per heavy atom. The molecule has 3 N–H and O–H groups in total. The minimum atomic E-state index is -0.423. The van der Waals surface area contributed by atoms with Crippen LogP contribution in [0.1, 0.15) is 19.8 Å². The average molecular weight is 224 g/mol. The molecule has 4 heteroatoms. The molecule has 2 rings (SSSR count). The Bertz CT molecular complexity index is 395. The molecule has 1 aliphatic rings. The molecular formula is C12H17FN2O. The van der Waals surface area contributed by atoms with Crippen molar-refractivity contribution in [3.8, 4) is 5.75 Å². The molecule has 0 amide bonds. The van der Waals surface area contributed by atoms with E-state index >= 15 is 0 Å². The largest absolute Gasteiger partial charge is 0.494 e. The van der Waals surface area contributed by atoms with Crippen molar-refractivity contribution in [2.75, 3.05) is 18.2 Å². The summed E-state index contributed by atoms with van der Waals surface area (Å²) in [6.07, 6.45) is 2.32. The number of rotatable bonds is 4. The quantitative estimate of drug-likeness (QED) is 0.773. The summed E-state index contributed by atoms with van der Waals surface area (Å²) in [4.78, 5) is 0. The highest BCUT2D eigenvalue weighted by atomic mass is 19.1. The average Bonchev–Trinajstić information content (AvgIpc) is 3.00. The third kappa shape index (κ3) is 2.05. The van der Waals surface area contributed by atoms with E-state index < -0.39 is 5.82 Å². The van der Waals surface area contributed by atoms with Crippen molar-refractivity contribution >= 4 is 11.4 Å². The predicted molar refractivity (Wildman–Crippen MR) is 63.2 cm³/mol. The van der Waals surface area contributed by atoms with Crippen molar-refractivity contribution in [2.24, 2.45) is 5.92 Å². The molecule has 0 heterocycles. The Kier molecular flexibility index (Phi) is 2.90. The number of nitrogen functional groups attached to an aromatic ring is 1. The molecule has 3 nitrogen and oxygen atoms in total. The van der Waals surface area contributed by atoms with Crippen LogP contribution in [0.4, 0.5) is 15.8 Å². The summed E-state index contributed by atoms with van der Waals surface area (Å²) in [7, 11) is 1.45. The van der Waals surface area contributed by atoms with Gasteiger partial charge in [0, 0.05) is 18.2 Å². The fraction of sp³-hybridized carbons (Fsp3) is 0.500. The van der Waals surface area contributed by atoms with E-state index in [0.717, 1.165) is 24.4 Å². The van der Waals surface area contributed by atoms with E-state index in [2.05, 4.69) is 12.2 Å². The molecule has 16 heavy (non-hydrogen) atoms.